The standard InChI is InChI=1S/C14H23N3O3.C12H18N4O4/c1-16-6-8-19-10-11-20-9-7-17-14(18)12-2-4-13(15)5-3-12;1-2-20-11-8(9(18)10(11)19)16-7(6-17)4-3-5-15-12(13)14/h2-5,16H,6-11,15H2,1H3,(H,17,18);6-7,16H,2-5H2,1H3,(H4,13,14,15). The fraction of sp³-hybridized carbons (Fsp3) is 0.500. The number of nitrogens with zero attached hydrogens (tertiary/aromatic N) is 1. The van der Waals surface area contributed by atoms with Crippen molar-refractivity contribution in [1.29, 1.82) is 0 Å². The first-order valence-corrected chi connectivity index (χ1v) is 12.9. The normalized spacial score (nSPS) is 11.2. The lowest BCUT2D eigenvalue weighted by molar-refractivity contribution is -0.108. The number of ether oxygens (including phenoxy) is 3. The van der Waals surface area contributed by atoms with Crippen LogP contribution in [0.25, 0.3) is 0 Å². The maximum Gasteiger partial charge on any atom is 0.272 e. The van der Waals surface area contributed by atoms with E-state index in [2.05, 4.69) is 20.9 Å². The Morgan fingerprint density at radius 2 is 1.68 bits per heavy atom. The molecule has 0 aromatic heterocycles. The molecule has 2 rings (SSSR count). The van der Waals surface area contributed by atoms with Gasteiger partial charge in [-0.15, -0.1) is 0 Å². The van der Waals surface area contributed by atoms with E-state index in [1.807, 2.05) is 7.05 Å². The number of nitrogens with two attached hydrogens (primary N) is 3. The van der Waals surface area contributed by atoms with Gasteiger partial charge in [-0.05, 0) is 51.1 Å². The van der Waals surface area contributed by atoms with Gasteiger partial charge in [0.2, 0.25) is 0 Å². The van der Waals surface area contributed by atoms with E-state index in [-0.39, 0.29) is 29.9 Å². The Kier molecular flexibility index (Phi) is 17.0. The Morgan fingerprint density at radius 3 is 2.25 bits per heavy atom. The minimum Gasteiger partial charge on any atom is -0.488 e. The number of aliphatic imine (C=N–C) groups is 1. The van der Waals surface area contributed by atoms with Crippen LogP contribution in [0, 0.1) is 0 Å². The number of nitrogens with one attached hydrogen (secondary N) is 3. The molecule has 1 amide bonds. The van der Waals surface area contributed by atoms with Gasteiger partial charge in [0.25, 0.3) is 16.8 Å². The SMILES string of the molecule is CCOc1c(NC(C=O)CCCN=C(N)N)c(=O)c1=O.CNCCOCCOCCNC(=O)c1ccc(N)cc1. The monoisotopic (exact) mass is 563 g/mol. The fourth-order valence-corrected chi connectivity index (χ4v) is 3.13. The van der Waals surface area contributed by atoms with Gasteiger partial charge in [0, 0.05) is 30.9 Å². The number of aldehydes is 1. The van der Waals surface area contributed by atoms with Crippen LogP contribution in [0.5, 0.6) is 5.75 Å². The Hall–Kier alpha value is -4.01. The van der Waals surface area contributed by atoms with Gasteiger partial charge in [-0.2, -0.15) is 0 Å². The van der Waals surface area contributed by atoms with Crippen molar-refractivity contribution >= 4 is 29.5 Å². The second-order valence-electron chi connectivity index (χ2n) is 8.34. The smallest absolute Gasteiger partial charge is 0.272 e. The van der Waals surface area contributed by atoms with E-state index in [0.29, 0.717) is 69.9 Å². The molecule has 0 heterocycles. The molecule has 1 atom stereocenters. The van der Waals surface area contributed by atoms with Crippen molar-refractivity contribution < 1.29 is 23.8 Å². The van der Waals surface area contributed by atoms with E-state index in [1.54, 1.807) is 31.2 Å². The molecule has 222 valence electrons. The van der Waals surface area contributed by atoms with Gasteiger partial charge in [0.15, 0.2) is 11.7 Å². The van der Waals surface area contributed by atoms with Crippen molar-refractivity contribution in [2.24, 2.45) is 16.5 Å². The number of hydrogen-bond donors (Lipinski definition) is 6. The summed E-state index contributed by atoms with van der Waals surface area (Å²) in [6.45, 7) is 5.90. The van der Waals surface area contributed by atoms with Crippen molar-refractivity contribution in [2.45, 2.75) is 25.8 Å². The van der Waals surface area contributed by atoms with E-state index < -0.39 is 16.9 Å². The molecule has 14 heteroatoms. The van der Waals surface area contributed by atoms with E-state index in [1.165, 1.54) is 0 Å². The topological polar surface area (TPSA) is 222 Å². The van der Waals surface area contributed by atoms with Gasteiger partial charge >= 0.3 is 0 Å². The molecule has 2 aromatic rings. The summed E-state index contributed by atoms with van der Waals surface area (Å²) in [4.78, 5) is 49.1. The quantitative estimate of drug-likeness (QED) is 0.0301. The predicted octanol–water partition coefficient (Wildman–Crippen LogP) is -1.03. The van der Waals surface area contributed by atoms with Crippen LogP contribution in [-0.4, -0.2) is 83.9 Å². The molecule has 14 nitrogen and oxygen atoms in total. The van der Waals surface area contributed by atoms with Gasteiger partial charge in [-0.25, -0.2) is 0 Å². The highest BCUT2D eigenvalue weighted by Gasteiger charge is 2.24. The molecule has 0 aliphatic rings. The minimum atomic E-state index is -0.667. The second-order valence-corrected chi connectivity index (χ2v) is 8.34. The summed E-state index contributed by atoms with van der Waals surface area (Å²) in [5.74, 6) is -0.144. The Balaban J connectivity index is 0.000000400. The van der Waals surface area contributed by atoms with Gasteiger partial charge < -0.3 is 52.2 Å². The number of benzene rings is 1. The van der Waals surface area contributed by atoms with Crippen molar-refractivity contribution in [1.82, 2.24) is 10.6 Å². The highest BCUT2D eigenvalue weighted by Crippen LogP contribution is 2.18. The van der Waals surface area contributed by atoms with E-state index in [0.717, 1.165) is 6.54 Å². The van der Waals surface area contributed by atoms with Crippen molar-refractivity contribution in [2.75, 3.05) is 70.8 Å². The number of carbonyl (C=O) groups excluding carboxylic acids is 2. The molecule has 0 saturated heterocycles. The lowest BCUT2D eigenvalue weighted by atomic mass is 10.1. The number of nitrogen functional groups attached to an aromatic ring is 1. The summed E-state index contributed by atoms with van der Waals surface area (Å²) < 4.78 is 15.7. The molecule has 9 N–H and O–H groups in total. The average molecular weight is 564 g/mol. The number of likely N-dealkylation sites (N-methyl/N-ethyl adjacent to an activating group) is 1. The molecule has 2 aromatic carbocycles. The number of carbonyl (C=O) groups is 2. The summed E-state index contributed by atoms with van der Waals surface area (Å²) in [5.41, 5.74) is 15.9. The fourth-order valence-electron chi connectivity index (χ4n) is 3.13. The Labute approximate surface area is 233 Å². The van der Waals surface area contributed by atoms with Crippen molar-refractivity contribution in [3.63, 3.8) is 0 Å². The highest BCUT2D eigenvalue weighted by molar-refractivity contribution is 5.94. The van der Waals surface area contributed by atoms with Crippen LogP contribution in [0.15, 0.2) is 38.8 Å². The molecule has 0 fully saturated rings. The zero-order valence-electron chi connectivity index (χ0n) is 23.1. The largest absolute Gasteiger partial charge is 0.488 e. The summed E-state index contributed by atoms with van der Waals surface area (Å²) in [6.07, 6.45) is 1.67. The van der Waals surface area contributed by atoms with Crippen LogP contribution in [0.1, 0.15) is 30.1 Å². The molecule has 0 spiro atoms. The average Bonchev–Trinajstić information content (AvgIpc) is 2.95. The third-order valence-electron chi connectivity index (χ3n) is 5.19. The minimum absolute atomic E-state index is 0.00595. The summed E-state index contributed by atoms with van der Waals surface area (Å²) in [7, 11) is 1.88. The lowest BCUT2D eigenvalue weighted by Gasteiger charge is -2.17. The Bertz CT molecular complexity index is 1110. The number of amides is 1. The molecule has 0 saturated carbocycles. The van der Waals surface area contributed by atoms with E-state index >= 15 is 0 Å². The van der Waals surface area contributed by atoms with Gasteiger partial charge in [0.1, 0.15) is 12.0 Å². The van der Waals surface area contributed by atoms with E-state index in [9.17, 15) is 19.2 Å². The first-order valence-electron chi connectivity index (χ1n) is 12.9. The zero-order valence-corrected chi connectivity index (χ0v) is 23.1. The lowest BCUT2D eigenvalue weighted by Crippen LogP contribution is -2.38. The van der Waals surface area contributed by atoms with Gasteiger partial charge in [-0.1, -0.05) is 0 Å². The Morgan fingerprint density at radius 1 is 1.02 bits per heavy atom. The number of anilines is 2. The molecular weight excluding hydrogens is 522 g/mol. The second kappa shape index (κ2) is 20.0. The van der Waals surface area contributed by atoms with Crippen molar-refractivity contribution in [3.8, 4) is 5.75 Å². The van der Waals surface area contributed by atoms with Crippen LogP contribution in [0.3, 0.4) is 0 Å². The molecule has 0 bridgehead atoms. The molecular formula is C26H41N7O7. The highest BCUT2D eigenvalue weighted by atomic mass is 16.5. The maximum absolute atomic E-state index is 11.7. The third kappa shape index (κ3) is 13.2. The molecule has 0 aliphatic heterocycles. The number of hydrogen-bond acceptors (Lipinski definition) is 11. The summed E-state index contributed by atoms with van der Waals surface area (Å²) >= 11 is 0. The summed E-state index contributed by atoms with van der Waals surface area (Å²) in [6, 6.07) is 6.20. The van der Waals surface area contributed by atoms with Crippen LogP contribution >= 0.6 is 0 Å². The van der Waals surface area contributed by atoms with Crippen molar-refractivity contribution in [3.05, 3.63) is 50.3 Å². The third-order valence-corrected chi connectivity index (χ3v) is 5.19. The molecule has 40 heavy (non-hydrogen) atoms. The molecule has 0 radical (unpaired) electrons. The number of rotatable bonds is 19. The molecule has 0 aliphatic carbocycles. The predicted molar refractivity (Wildman–Crippen MR) is 155 cm³/mol. The first-order chi connectivity index (χ1) is 19.2. The zero-order chi connectivity index (χ0) is 29.8. The van der Waals surface area contributed by atoms with Crippen LogP contribution in [0.2, 0.25) is 0 Å². The maximum atomic E-state index is 11.7. The summed E-state index contributed by atoms with van der Waals surface area (Å²) in [5, 5.41) is 8.47. The van der Waals surface area contributed by atoms with Gasteiger partial charge in [0.05, 0.1) is 39.1 Å². The van der Waals surface area contributed by atoms with E-state index in [4.69, 9.17) is 31.4 Å². The van der Waals surface area contributed by atoms with Crippen LogP contribution < -0.4 is 48.7 Å². The van der Waals surface area contributed by atoms with Gasteiger partial charge in [-0.3, -0.25) is 19.4 Å². The van der Waals surface area contributed by atoms with Crippen LogP contribution in [0.4, 0.5) is 11.4 Å². The number of guanidine groups is 1. The first kappa shape index (κ1) is 34.0. The molecule has 1 unspecified atom stereocenters. The van der Waals surface area contributed by atoms with Crippen LogP contribution in [-0.2, 0) is 14.3 Å².